The lowest BCUT2D eigenvalue weighted by molar-refractivity contribution is -0.161. The van der Waals surface area contributed by atoms with Crippen molar-refractivity contribution in [2.75, 3.05) is 13.2 Å². The van der Waals surface area contributed by atoms with Gasteiger partial charge in [-0.15, -0.1) is 0 Å². The molecule has 0 radical (unpaired) electrons. The lowest BCUT2D eigenvalue weighted by atomic mass is 10.1. The quantitative estimate of drug-likeness (QED) is 0.0285. The van der Waals surface area contributed by atoms with Gasteiger partial charge in [-0.1, -0.05) is 137 Å². The maximum Gasteiger partial charge on any atom is 0.469 e. The SMILES string of the molecule is CCCCC/C=C/C/C=C/C/C=C/C/C=C/CCCC(=O)O[C@H](COC(=O)CCCCCC/C=C/C/C=C/C/C=C/CCCCC)COP(=O)(O)O. The summed E-state index contributed by atoms with van der Waals surface area (Å²) in [5.41, 5.74) is 0. The number of phosphoric acid groups is 1. The number of hydrogen-bond donors (Lipinski definition) is 2. The fourth-order valence-electron chi connectivity index (χ4n) is 4.90. The average Bonchev–Trinajstić information content (AvgIpc) is 3.11. The summed E-state index contributed by atoms with van der Waals surface area (Å²) < 4.78 is 26.3. The Bertz CT molecular complexity index is 1110. The van der Waals surface area contributed by atoms with Crippen LogP contribution in [0.3, 0.4) is 0 Å². The normalized spacial score (nSPS) is 13.4. The molecule has 0 unspecified atom stereocenters. The van der Waals surface area contributed by atoms with Crippen LogP contribution in [0.4, 0.5) is 0 Å². The van der Waals surface area contributed by atoms with E-state index in [9.17, 15) is 14.2 Å². The number of rotatable bonds is 35. The Balaban J connectivity index is 4.12. The Morgan fingerprint density at radius 1 is 0.500 bits per heavy atom. The van der Waals surface area contributed by atoms with Crippen molar-refractivity contribution in [1.82, 2.24) is 0 Å². The first-order valence-corrected chi connectivity index (χ1v) is 21.4. The van der Waals surface area contributed by atoms with Crippen LogP contribution in [-0.4, -0.2) is 41.0 Å². The van der Waals surface area contributed by atoms with Crippen molar-refractivity contribution < 1.29 is 37.9 Å². The van der Waals surface area contributed by atoms with E-state index in [0.29, 0.717) is 19.3 Å². The molecule has 0 saturated carbocycles. The molecule has 9 heteroatoms. The standard InChI is InChI=1S/C43H71O8P/c1-3-5-7-9-11-13-15-17-19-21-23-25-27-29-31-33-35-37-42(44)49-39-41(40-50-52(46,47)48)51-43(45)38-36-34-32-30-28-26-24-22-20-18-16-14-12-10-8-6-4-2/h11-14,17-20,23-26,30,32,41H,3-10,15-16,21-22,27-29,31,33-40H2,1-2H3,(H2,46,47,48)/b13-11+,14-12+,19-17+,20-18+,25-23+,26-24+,32-30+/t41-/m1/s1. The lowest BCUT2D eigenvalue weighted by Crippen LogP contribution is -2.29. The number of carbonyl (C=O) groups excluding carboxylic acids is 2. The summed E-state index contributed by atoms with van der Waals surface area (Å²) in [6, 6.07) is 0. The summed E-state index contributed by atoms with van der Waals surface area (Å²) in [6.45, 7) is 3.54. The van der Waals surface area contributed by atoms with Crippen molar-refractivity contribution in [1.29, 1.82) is 0 Å². The van der Waals surface area contributed by atoms with Gasteiger partial charge in [0, 0.05) is 12.8 Å². The Kier molecular flexibility index (Phi) is 35.9. The summed E-state index contributed by atoms with van der Waals surface area (Å²) in [7, 11) is -4.78. The van der Waals surface area contributed by atoms with E-state index in [-0.39, 0.29) is 19.4 Å². The van der Waals surface area contributed by atoms with Gasteiger partial charge in [-0.2, -0.15) is 0 Å². The predicted molar refractivity (Wildman–Crippen MR) is 216 cm³/mol. The van der Waals surface area contributed by atoms with Crippen molar-refractivity contribution in [3.05, 3.63) is 85.1 Å². The molecule has 0 heterocycles. The van der Waals surface area contributed by atoms with E-state index >= 15 is 0 Å². The highest BCUT2D eigenvalue weighted by molar-refractivity contribution is 7.46. The fourth-order valence-corrected chi connectivity index (χ4v) is 5.26. The van der Waals surface area contributed by atoms with E-state index < -0.39 is 32.5 Å². The van der Waals surface area contributed by atoms with Gasteiger partial charge in [0.2, 0.25) is 0 Å². The molecule has 0 bridgehead atoms. The first-order valence-electron chi connectivity index (χ1n) is 19.9. The lowest BCUT2D eigenvalue weighted by Gasteiger charge is -2.18. The van der Waals surface area contributed by atoms with E-state index in [1.54, 1.807) is 0 Å². The van der Waals surface area contributed by atoms with Gasteiger partial charge in [-0.25, -0.2) is 4.57 Å². The van der Waals surface area contributed by atoms with E-state index in [4.69, 9.17) is 19.3 Å². The van der Waals surface area contributed by atoms with Gasteiger partial charge in [-0.3, -0.25) is 14.1 Å². The first-order chi connectivity index (χ1) is 25.3. The van der Waals surface area contributed by atoms with Crippen LogP contribution in [0.2, 0.25) is 0 Å². The van der Waals surface area contributed by atoms with Crippen molar-refractivity contribution in [2.24, 2.45) is 0 Å². The summed E-state index contributed by atoms with van der Waals surface area (Å²) >= 11 is 0. The number of ether oxygens (including phenoxy) is 2. The van der Waals surface area contributed by atoms with Crippen LogP contribution >= 0.6 is 7.82 Å². The summed E-state index contributed by atoms with van der Waals surface area (Å²) in [5.74, 6) is -0.984. The van der Waals surface area contributed by atoms with E-state index in [1.807, 2.05) is 12.2 Å². The second kappa shape index (κ2) is 38.0. The molecule has 0 aromatic carbocycles. The van der Waals surface area contributed by atoms with Gasteiger partial charge >= 0.3 is 19.8 Å². The van der Waals surface area contributed by atoms with Crippen LogP contribution in [0.1, 0.15) is 155 Å². The topological polar surface area (TPSA) is 119 Å². The maximum absolute atomic E-state index is 12.4. The minimum Gasteiger partial charge on any atom is -0.462 e. The van der Waals surface area contributed by atoms with Gasteiger partial charge in [-0.05, 0) is 89.9 Å². The molecule has 0 aliphatic rings. The zero-order valence-corrected chi connectivity index (χ0v) is 33.3. The van der Waals surface area contributed by atoms with Gasteiger partial charge < -0.3 is 19.3 Å². The molecular weight excluding hydrogens is 675 g/mol. The number of allylic oxidation sites excluding steroid dienone is 14. The van der Waals surface area contributed by atoms with Crippen LogP contribution in [-0.2, 0) is 28.2 Å². The average molecular weight is 747 g/mol. The third-order valence-electron chi connectivity index (χ3n) is 7.89. The molecule has 0 aliphatic carbocycles. The highest BCUT2D eigenvalue weighted by atomic mass is 31.2. The smallest absolute Gasteiger partial charge is 0.462 e. The van der Waals surface area contributed by atoms with Crippen molar-refractivity contribution in [3.63, 3.8) is 0 Å². The minimum atomic E-state index is -4.78. The zero-order valence-electron chi connectivity index (χ0n) is 32.4. The third-order valence-corrected chi connectivity index (χ3v) is 8.37. The second-order valence-corrected chi connectivity index (χ2v) is 14.1. The molecule has 0 spiro atoms. The summed E-state index contributed by atoms with van der Waals surface area (Å²) in [4.78, 5) is 42.7. The Morgan fingerprint density at radius 2 is 0.885 bits per heavy atom. The molecule has 0 aromatic rings. The monoisotopic (exact) mass is 746 g/mol. The number of phosphoric ester groups is 1. The number of esters is 2. The van der Waals surface area contributed by atoms with Crippen LogP contribution < -0.4 is 0 Å². The van der Waals surface area contributed by atoms with Gasteiger partial charge in [0.25, 0.3) is 0 Å². The molecule has 0 rings (SSSR count). The molecule has 8 nitrogen and oxygen atoms in total. The molecule has 0 saturated heterocycles. The molecule has 0 fully saturated rings. The maximum atomic E-state index is 12.4. The molecule has 296 valence electrons. The Morgan fingerprint density at radius 3 is 1.33 bits per heavy atom. The largest absolute Gasteiger partial charge is 0.469 e. The van der Waals surface area contributed by atoms with Crippen LogP contribution in [0, 0.1) is 0 Å². The zero-order chi connectivity index (χ0) is 38.2. The van der Waals surface area contributed by atoms with Crippen LogP contribution in [0.25, 0.3) is 0 Å². The van der Waals surface area contributed by atoms with Crippen LogP contribution in [0.5, 0.6) is 0 Å². The first kappa shape index (κ1) is 49.2. The van der Waals surface area contributed by atoms with Crippen LogP contribution in [0.15, 0.2) is 85.1 Å². The molecule has 2 N–H and O–H groups in total. The molecule has 1 atom stereocenters. The number of hydrogen-bond acceptors (Lipinski definition) is 6. The van der Waals surface area contributed by atoms with Crippen molar-refractivity contribution >= 4 is 19.8 Å². The highest BCUT2D eigenvalue weighted by Gasteiger charge is 2.22. The highest BCUT2D eigenvalue weighted by Crippen LogP contribution is 2.35. The van der Waals surface area contributed by atoms with Gasteiger partial charge in [0.05, 0.1) is 6.61 Å². The summed E-state index contributed by atoms with van der Waals surface area (Å²) in [6.07, 6.45) is 50.2. The number of unbranched alkanes of at least 4 members (excludes halogenated alkanes) is 11. The van der Waals surface area contributed by atoms with E-state index in [2.05, 4.69) is 91.3 Å². The van der Waals surface area contributed by atoms with Gasteiger partial charge in [0.1, 0.15) is 6.61 Å². The van der Waals surface area contributed by atoms with E-state index in [0.717, 1.165) is 64.2 Å². The Labute approximate surface area is 316 Å². The van der Waals surface area contributed by atoms with Crippen molar-refractivity contribution in [3.8, 4) is 0 Å². The summed E-state index contributed by atoms with van der Waals surface area (Å²) in [5, 5.41) is 0. The number of carbonyl (C=O) groups is 2. The predicted octanol–water partition coefficient (Wildman–Crippen LogP) is 12.1. The molecule has 0 aromatic heterocycles. The molecule has 0 amide bonds. The third kappa shape index (κ3) is 40.0. The minimum absolute atomic E-state index is 0.126. The van der Waals surface area contributed by atoms with E-state index in [1.165, 1.54) is 44.9 Å². The second-order valence-electron chi connectivity index (χ2n) is 12.9. The fraction of sp³-hybridized carbons (Fsp3) is 0.628. The van der Waals surface area contributed by atoms with Crippen molar-refractivity contribution in [2.45, 2.75) is 161 Å². The molecular formula is C43H71O8P. The molecule has 0 aliphatic heterocycles. The Hall–Kier alpha value is -2.77. The molecule has 52 heavy (non-hydrogen) atoms. The van der Waals surface area contributed by atoms with Gasteiger partial charge in [0.15, 0.2) is 6.10 Å².